The SMILES string of the molecule is N#CC1(c2ccccc2)CCC(NC2CCS(=O)(=O)C2)CC1.O=C(O)C(=O)O. The van der Waals surface area contributed by atoms with E-state index in [4.69, 9.17) is 19.8 Å². The molecule has 1 aromatic rings. The topological polar surface area (TPSA) is 145 Å². The second-order valence-corrected chi connectivity index (χ2v) is 9.44. The highest BCUT2D eigenvalue weighted by Crippen LogP contribution is 2.39. The molecule has 1 atom stereocenters. The van der Waals surface area contributed by atoms with Gasteiger partial charge in [0.25, 0.3) is 0 Å². The minimum atomic E-state index is -2.83. The Bertz CT molecular complexity index is 827. The molecule has 0 radical (unpaired) electrons. The highest BCUT2D eigenvalue weighted by Gasteiger charge is 2.38. The fraction of sp³-hybridized carbons (Fsp3) is 0.526. The molecule has 1 heterocycles. The van der Waals surface area contributed by atoms with Crippen LogP contribution in [0.15, 0.2) is 30.3 Å². The van der Waals surface area contributed by atoms with Crippen molar-refractivity contribution in [1.29, 1.82) is 5.26 Å². The molecular weight excluding hydrogens is 384 g/mol. The number of carboxylic acid groups (broad SMARTS) is 2. The van der Waals surface area contributed by atoms with Crippen molar-refractivity contribution in [1.82, 2.24) is 5.32 Å². The van der Waals surface area contributed by atoms with Gasteiger partial charge in [-0.2, -0.15) is 5.26 Å². The molecule has 3 rings (SSSR count). The summed E-state index contributed by atoms with van der Waals surface area (Å²) in [6.07, 6.45) is 4.26. The Labute approximate surface area is 164 Å². The van der Waals surface area contributed by atoms with Crippen molar-refractivity contribution < 1.29 is 28.2 Å². The zero-order valence-corrected chi connectivity index (χ0v) is 16.2. The van der Waals surface area contributed by atoms with Crippen LogP contribution < -0.4 is 5.32 Å². The van der Waals surface area contributed by atoms with E-state index < -0.39 is 21.8 Å². The number of nitrogens with one attached hydrogen (secondary N) is 1. The summed E-state index contributed by atoms with van der Waals surface area (Å²) in [4.78, 5) is 18.2. The Kier molecular flexibility index (Phi) is 7.16. The number of sulfone groups is 1. The zero-order valence-electron chi connectivity index (χ0n) is 15.4. The fourth-order valence-electron chi connectivity index (χ4n) is 3.76. The summed E-state index contributed by atoms with van der Waals surface area (Å²) in [7, 11) is -2.83. The van der Waals surface area contributed by atoms with Crippen LogP contribution in [-0.4, -0.2) is 54.2 Å². The maximum absolute atomic E-state index is 11.5. The predicted molar refractivity (Wildman–Crippen MR) is 101 cm³/mol. The summed E-state index contributed by atoms with van der Waals surface area (Å²) in [6, 6.07) is 13.0. The molecule has 9 heteroatoms. The van der Waals surface area contributed by atoms with Crippen LogP contribution in [0, 0.1) is 11.3 Å². The second-order valence-electron chi connectivity index (χ2n) is 7.21. The third kappa shape index (κ3) is 5.78. The largest absolute Gasteiger partial charge is 0.473 e. The molecule has 3 N–H and O–H groups in total. The van der Waals surface area contributed by atoms with Gasteiger partial charge in [-0.1, -0.05) is 30.3 Å². The normalized spacial score (nSPS) is 28.4. The summed E-state index contributed by atoms with van der Waals surface area (Å²) < 4.78 is 23.1. The van der Waals surface area contributed by atoms with Crippen LogP contribution in [0.25, 0.3) is 0 Å². The second kappa shape index (κ2) is 9.17. The summed E-state index contributed by atoms with van der Waals surface area (Å²) in [5.74, 6) is -3.07. The minimum absolute atomic E-state index is 0.0984. The molecule has 8 nitrogen and oxygen atoms in total. The van der Waals surface area contributed by atoms with Crippen LogP contribution in [0.5, 0.6) is 0 Å². The van der Waals surface area contributed by atoms with E-state index in [-0.39, 0.29) is 17.2 Å². The standard InChI is InChI=1S/C17H22N2O2S.C2H2O4/c18-13-17(14-4-2-1-3-5-14)9-6-15(7-10-17)19-16-8-11-22(20,21)12-16;3-1(4)2(5)6/h1-5,15-16,19H,6-12H2;(H,3,4)(H,5,6). The van der Waals surface area contributed by atoms with E-state index in [1.165, 1.54) is 0 Å². The Morgan fingerprint density at radius 1 is 1.04 bits per heavy atom. The Hall–Kier alpha value is -2.44. The molecule has 28 heavy (non-hydrogen) atoms. The monoisotopic (exact) mass is 408 g/mol. The van der Waals surface area contributed by atoms with Gasteiger partial charge in [-0.3, -0.25) is 0 Å². The van der Waals surface area contributed by atoms with Crippen molar-refractivity contribution in [3.63, 3.8) is 0 Å². The van der Waals surface area contributed by atoms with E-state index in [1.807, 2.05) is 30.3 Å². The molecule has 1 aliphatic heterocycles. The lowest BCUT2D eigenvalue weighted by atomic mass is 9.69. The summed E-state index contributed by atoms with van der Waals surface area (Å²) in [5, 5.41) is 28.0. The van der Waals surface area contributed by atoms with Gasteiger partial charge in [-0.05, 0) is 37.7 Å². The molecule has 2 fully saturated rings. The molecule has 0 aromatic heterocycles. The van der Waals surface area contributed by atoms with Gasteiger partial charge in [-0.15, -0.1) is 0 Å². The maximum atomic E-state index is 11.5. The van der Waals surface area contributed by atoms with Gasteiger partial charge in [0, 0.05) is 12.1 Å². The van der Waals surface area contributed by atoms with Gasteiger partial charge in [-0.25, -0.2) is 18.0 Å². The lowest BCUT2D eigenvalue weighted by molar-refractivity contribution is -0.159. The smallest absolute Gasteiger partial charge is 0.414 e. The van der Waals surface area contributed by atoms with E-state index >= 15 is 0 Å². The van der Waals surface area contributed by atoms with Gasteiger partial charge in [0.1, 0.15) is 0 Å². The molecule has 2 aliphatic rings. The van der Waals surface area contributed by atoms with Crippen molar-refractivity contribution in [3.05, 3.63) is 35.9 Å². The first kappa shape index (κ1) is 21.9. The van der Waals surface area contributed by atoms with Gasteiger partial charge in [0.2, 0.25) is 0 Å². The minimum Gasteiger partial charge on any atom is -0.473 e. The lowest BCUT2D eigenvalue weighted by Gasteiger charge is -2.36. The molecule has 1 aliphatic carbocycles. The van der Waals surface area contributed by atoms with Crippen molar-refractivity contribution in [2.24, 2.45) is 0 Å². The highest BCUT2D eigenvalue weighted by atomic mass is 32.2. The molecule has 1 unspecified atom stereocenters. The average Bonchev–Trinajstić information content (AvgIpc) is 3.02. The molecule has 1 saturated carbocycles. The van der Waals surface area contributed by atoms with Crippen LogP contribution in [0.2, 0.25) is 0 Å². The Morgan fingerprint density at radius 3 is 2.04 bits per heavy atom. The number of hydrogen-bond acceptors (Lipinski definition) is 6. The number of nitrogens with zero attached hydrogens (tertiary/aromatic N) is 1. The molecular formula is C19H24N2O6S. The van der Waals surface area contributed by atoms with Crippen molar-refractivity contribution >= 4 is 21.8 Å². The van der Waals surface area contributed by atoms with Gasteiger partial charge in [0.05, 0.1) is 23.0 Å². The number of hydrogen-bond donors (Lipinski definition) is 3. The molecule has 1 aromatic carbocycles. The van der Waals surface area contributed by atoms with E-state index in [0.717, 1.165) is 37.7 Å². The van der Waals surface area contributed by atoms with E-state index in [9.17, 15) is 13.7 Å². The summed E-state index contributed by atoms with van der Waals surface area (Å²) >= 11 is 0. The Morgan fingerprint density at radius 2 is 1.61 bits per heavy atom. The molecule has 0 amide bonds. The van der Waals surface area contributed by atoms with E-state index in [0.29, 0.717) is 11.8 Å². The summed E-state index contributed by atoms with van der Waals surface area (Å²) in [5.41, 5.74) is 0.737. The highest BCUT2D eigenvalue weighted by molar-refractivity contribution is 7.91. The third-order valence-corrected chi connectivity index (χ3v) is 7.03. The van der Waals surface area contributed by atoms with Crippen molar-refractivity contribution in [3.8, 4) is 6.07 Å². The number of carbonyl (C=O) groups is 2. The zero-order chi connectivity index (χ0) is 20.8. The van der Waals surface area contributed by atoms with Gasteiger partial charge in [0.15, 0.2) is 9.84 Å². The number of nitriles is 1. The van der Waals surface area contributed by atoms with Crippen molar-refractivity contribution in [2.75, 3.05) is 11.5 Å². The van der Waals surface area contributed by atoms with Crippen LogP contribution >= 0.6 is 0 Å². The molecule has 0 bridgehead atoms. The first-order valence-electron chi connectivity index (χ1n) is 9.07. The first-order chi connectivity index (χ1) is 13.2. The average molecular weight is 408 g/mol. The number of carboxylic acids is 2. The van der Waals surface area contributed by atoms with Gasteiger partial charge >= 0.3 is 11.9 Å². The first-order valence-corrected chi connectivity index (χ1v) is 10.9. The number of rotatable bonds is 3. The van der Waals surface area contributed by atoms with Crippen molar-refractivity contribution in [2.45, 2.75) is 49.6 Å². The lowest BCUT2D eigenvalue weighted by Crippen LogP contribution is -2.44. The maximum Gasteiger partial charge on any atom is 0.414 e. The van der Waals surface area contributed by atoms with E-state index in [2.05, 4.69) is 11.4 Å². The molecule has 152 valence electrons. The predicted octanol–water partition coefficient (Wildman–Crippen LogP) is 1.32. The van der Waals surface area contributed by atoms with Crippen LogP contribution in [0.3, 0.4) is 0 Å². The number of aliphatic carboxylic acids is 2. The molecule has 0 spiro atoms. The van der Waals surface area contributed by atoms with E-state index in [1.54, 1.807) is 0 Å². The molecule has 1 saturated heterocycles. The van der Waals surface area contributed by atoms with Crippen LogP contribution in [0.1, 0.15) is 37.7 Å². The fourth-order valence-corrected chi connectivity index (χ4v) is 5.45. The summed E-state index contributed by atoms with van der Waals surface area (Å²) in [6.45, 7) is 0. The number of benzene rings is 1. The Balaban J connectivity index is 0.000000409. The van der Waals surface area contributed by atoms with Gasteiger partial charge < -0.3 is 15.5 Å². The van der Waals surface area contributed by atoms with Crippen LogP contribution in [0.4, 0.5) is 0 Å². The van der Waals surface area contributed by atoms with Crippen LogP contribution in [-0.2, 0) is 24.8 Å². The quantitative estimate of drug-likeness (QED) is 0.635. The third-order valence-electron chi connectivity index (χ3n) is 5.27.